The minimum absolute atomic E-state index is 0.107. The van der Waals surface area contributed by atoms with Crippen LogP contribution in [-0.4, -0.2) is 57.1 Å². The Bertz CT molecular complexity index is 1110. The van der Waals surface area contributed by atoms with E-state index in [2.05, 4.69) is 5.32 Å². The van der Waals surface area contributed by atoms with Crippen LogP contribution in [0.4, 0.5) is 5.69 Å². The van der Waals surface area contributed by atoms with Crippen molar-refractivity contribution in [1.82, 2.24) is 10.2 Å². The first-order valence-electron chi connectivity index (χ1n) is 11.5. The molecule has 35 heavy (non-hydrogen) atoms. The lowest BCUT2D eigenvalue weighted by Gasteiger charge is -2.33. The van der Waals surface area contributed by atoms with E-state index in [4.69, 9.17) is 23.2 Å². The Hall–Kier alpha value is -2.29. The highest BCUT2D eigenvalue weighted by atomic mass is 35.5. The van der Waals surface area contributed by atoms with Crippen molar-refractivity contribution in [3.05, 3.63) is 64.1 Å². The standard InChI is InChI=1S/C25H33Cl2N3O4S/c1-5-22(25(32)28-16-18(2)3)29(14-13-19-9-7-6-8-10-19)24(31)17-30(35(4,33)34)23-15-20(26)11-12-21(23)27/h6-12,15,18,22H,5,13-14,16-17H2,1-4H3,(H,28,32). The Morgan fingerprint density at radius 3 is 2.29 bits per heavy atom. The number of hydrogen-bond donors (Lipinski definition) is 1. The Kier molecular flexibility index (Phi) is 10.9. The lowest BCUT2D eigenvalue weighted by Crippen LogP contribution is -2.53. The van der Waals surface area contributed by atoms with Crippen molar-refractivity contribution in [3.63, 3.8) is 0 Å². The van der Waals surface area contributed by atoms with Crippen LogP contribution in [0, 0.1) is 5.92 Å². The van der Waals surface area contributed by atoms with E-state index in [0.717, 1.165) is 16.1 Å². The molecule has 10 heteroatoms. The summed E-state index contributed by atoms with van der Waals surface area (Å²) in [7, 11) is -3.88. The third kappa shape index (κ3) is 8.70. The van der Waals surface area contributed by atoms with Gasteiger partial charge >= 0.3 is 0 Å². The molecule has 0 radical (unpaired) electrons. The van der Waals surface area contributed by atoms with Crippen molar-refractivity contribution < 1.29 is 18.0 Å². The first-order chi connectivity index (χ1) is 16.4. The summed E-state index contributed by atoms with van der Waals surface area (Å²) in [6, 6.07) is 13.3. The van der Waals surface area contributed by atoms with Gasteiger partial charge in [-0.25, -0.2) is 8.42 Å². The van der Waals surface area contributed by atoms with Crippen LogP contribution in [0.15, 0.2) is 48.5 Å². The van der Waals surface area contributed by atoms with Crippen LogP contribution < -0.4 is 9.62 Å². The molecule has 0 spiro atoms. The fraction of sp³-hybridized carbons (Fsp3) is 0.440. The van der Waals surface area contributed by atoms with Crippen molar-refractivity contribution in [2.24, 2.45) is 5.92 Å². The van der Waals surface area contributed by atoms with Gasteiger partial charge in [0.15, 0.2) is 0 Å². The van der Waals surface area contributed by atoms with E-state index in [1.165, 1.54) is 23.1 Å². The van der Waals surface area contributed by atoms with E-state index in [9.17, 15) is 18.0 Å². The molecule has 0 aliphatic heterocycles. The first kappa shape index (κ1) is 28.9. The van der Waals surface area contributed by atoms with Gasteiger partial charge in [-0.15, -0.1) is 0 Å². The van der Waals surface area contributed by atoms with Gasteiger partial charge in [0, 0.05) is 18.1 Å². The van der Waals surface area contributed by atoms with Crippen LogP contribution in [-0.2, 0) is 26.0 Å². The minimum Gasteiger partial charge on any atom is -0.354 e. The number of rotatable bonds is 12. The number of anilines is 1. The Balaban J connectivity index is 2.38. The van der Waals surface area contributed by atoms with Crippen molar-refractivity contribution in [3.8, 4) is 0 Å². The van der Waals surface area contributed by atoms with Gasteiger partial charge < -0.3 is 10.2 Å². The van der Waals surface area contributed by atoms with Crippen LogP contribution in [0.3, 0.4) is 0 Å². The molecule has 0 saturated carbocycles. The zero-order valence-electron chi connectivity index (χ0n) is 20.5. The minimum atomic E-state index is -3.88. The lowest BCUT2D eigenvalue weighted by atomic mass is 10.1. The van der Waals surface area contributed by atoms with E-state index in [0.29, 0.717) is 19.4 Å². The number of carbonyl (C=O) groups is 2. The van der Waals surface area contributed by atoms with Gasteiger partial charge in [0.25, 0.3) is 0 Å². The van der Waals surface area contributed by atoms with Crippen molar-refractivity contribution in [2.75, 3.05) is 30.2 Å². The van der Waals surface area contributed by atoms with Gasteiger partial charge in [0.2, 0.25) is 21.8 Å². The molecule has 0 bridgehead atoms. The van der Waals surface area contributed by atoms with Gasteiger partial charge in [-0.3, -0.25) is 13.9 Å². The molecule has 2 amide bonds. The number of carbonyl (C=O) groups excluding carboxylic acids is 2. The fourth-order valence-corrected chi connectivity index (χ4v) is 4.88. The molecule has 1 unspecified atom stereocenters. The normalized spacial score (nSPS) is 12.3. The third-order valence-electron chi connectivity index (χ3n) is 5.41. The Morgan fingerprint density at radius 1 is 1.06 bits per heavy atom. The van der Waals surface area contributed by atoms with Crippen LogP contribution >= 0.6 is 23.2 Å². The molecule has 0 fully saturated rings. The van der Waals surface area contributed by atoms with Crippen molar-refractivity contribution >= 4 is 50.7 Å². The Morgan fingerprint density at radius 2 is 1.71 bits per heavy atom. The van der Waals surface area contributed by atoms with Crippen LogP contribution in [0.2, 0.25) is 10.0 Å². The highest BCUT2D eigenvalue weighted by Crippen LogP contribution is 2.30. The number of benzene rings is 2. The number of sulfonamides is 1. The second kappa shape index (κ2) is 13.1. The second-order valence-electron chi connectivity index (χ2n) is 8.75. The van der Waals surface area contributed by atoms with Gasteiger partial charge in [-0.2, -0.15) is 0 Å². The average Bonchev–Trinajstić information content (AvgIpc) is 2.80. The van der Waals surface area contributed by atoms with Gasteiger partial charge in [-0.05, 0) is 42.5 Å². The molecule has 0 aliphatic rings. The molecule has 0 aromatic heterocycles. The molecule has 2 rings (SSSR count). The van der Waals surface area contributed by atoms with Gasteiger partial charge in [0.05, 0.1) is 17.0 Å². The predicted octanol–water partition coefficient (Wildman–Crippen LogP) is 4.38. The molecule has 7 nitrogen and oxygen atoms in total. The van der Waals surface area contributed by atoms with E-state index >= 15 is 0 Å². The summed E-state index contributed by atoms with van der Waals surface area (Å²) in [5, 5.41) is 3.32. The number of hydrogen-bond acceptors (Lipinski definition) is 4. The zero-order chi connectivity index (χ0) is 26.2. The lowest BCUT2D eigenvalue weighted by molar-refractivity contribution is -0.139. The second-order valence-corrected chi connectivity index (χ2v) is 11.5. The largest absolute Gasteiger partial charge is 0.354 e. The summed E-state index contributed by atoms with van der Waals surface area (Å²) in [5.74, 6) is -0.529. The average molecular weight is 543 g/mol. The smallest absolute Gasteiger partial charge is 0.244 e. The van der Waals surface area contributed by atoms with Gasteiger partial charge in [0.1, 0.15) is 12.6 Å². The maximum absolute atomic E-state index is 13.6. The first-order valence-corrected chi connectivity index (χ1v) is 14.1. The summed E-state index contributed by atoms with van der Waals surface area (Å²) < 4.78 is 26.2. The van der Waals surface area contributed by atoms with E-state index < -0.39 is 28.5 Å². The van der Waals surface area contributed by atoms with Crippen LogP contribution in [0.5, 0.6) is 0 Å². The highest BCUT2D eigenvalue weighted by Gasteiger charge is 2.32. The number of nitrogens with one attached hydrogen (secondary N) is 1. The molecular formula is C25H33Cl2N3O4S. The maximum Gasteiger partial charge on any atom is 0.244 e. The van der Waals surface area contributed by atoms with Crippen LogP contribution in [0.1, 0.15) is 32.8 Å². The number of nitrogens with zero attached hydrogens (tertiary/aromatic N) is 2. The highest BCUT2D eigenvalue weighted by molar-refractivity contribution is 7.92. The van der Waals surface area contributed by atoms with Crippen molar-refractivity contribution in [1.29, 1.82) is 0 Å². The summed E-state index contributed by atoms with van der Waals surface area (Å²) in [5.41, 5.74) is 1.11. The summed E-state index contributed by atoms with van der Waals surface area (Å²) in [4.78, 5) is 28.1. The maximum atomic E-state index is 13.6. The predicted molar refractivity (Wildman–Crippen MR) is 142 cm³/mol. The number of halogens is 2. The van der Waals surface area contributed by atoms with E-state index in [1.807, 2.05) is 51.1 Å². The quantitative estimate of drug-likeness (QED) is 0.431. The van der Waals surface area contributed by atoms with Crippen molar-refractivity contribution in [2.45, 2.75) is 39.7 Å². The number of amides is 2. The molecule has 1 N–H and O–H groups in total. The third-order valence-corrected chi connectivity index (χ3v) is 7.09. The molecule has 1 atom stereocenters. The molecule has 192 valence electrons. The zero-order valence-corrected chi connectivity index (χ0v) is 22.8. The van der Waals surface area contributed by atoms with Crippen LogP contribution in [0.25, 0.3) is 0 Å². The van der Waals surface area contributed by atoms with Gasteiger partial charge in [-0.1, -0.05) is 74.3 Å². The molecule has 2 aromatic rings. The molecular weight excluding hydrogens is 509 g/mol. The SMILES string of the molecule is CCC(C(=O)NCC(C)C)N(CCc1ccccc1)C(=O)CN(c1cc(Cl)ccc1Cl)S(C)(=O)=O. The monoisotopic (exact) mass is 541 g/mol. The Labute approximate surface area is 218 Å². The van der Waals surface area contributed by atoms with E-state index in [-0.39, 0.29) is 34.1 Å². The molecule has 0 saturated heterocycles. The molecule has 0 aliphatic carbocycles. The molecule has 0 heterocycles. The summed E-state index contributed by atoms with van der Waals surface area (Å²) in [6.45, 7) is 6.00. The summed E-state index contributed by atoms with van der Waals surface area (Å²) >= 11 is 12.3. The molecule has 2 aromatic carbocycles. The van der Waals surface area contributed by atoms with E-state index in [1.54, 1.807) is 0 Å². The summed E-state index contributed by atoms with van der Waals surface area (Å²) in [6.07, 6.45) is 1.89. The fourth-order valence-electron chi connectivity index (χ4n) is 3.59. The topological polar surface area (TPSA) is 86.8 Å².